The average molecular weight is 291 g/mol. The molecule has 1 rings (SSSR count). The van der Waals surface area contributed by atoms with E-state index in [-0.39, 0.29) is 12.1 Å². The molecule has 0 amide bonds. The molecule has 1 aromatic rings. The third-order valence-electron chi connectivity index (χ3n) is 2.27. The van der Waals surface area contributed by atoms with Gasteiger partial charge < -0.3 is 0 Å². The highest BCUT2D eigenvalue weighted by Crippen LogP contribution is 2.39. The highest BCUT2D eigenvalue weighted by Gasteiger charge is 2.40. The van der Waals surface area contributed by atoms with Crippen molar-refractivity contribution in [2.24, 2.45) is 0 Å². The van der Waals surface area contributed by atoms with E-state index in [1.54, 1.807) is 0 Å². The Hall–Kier alpha value is -1.24. The van der Waals surface area contributed by atoms with E-state index in [0.29, 0.717) is 0 Å². The van der Waals surface area contributed by atoms with Crippen LogP contribution in [0.1, 0.15) is 27.0 Å². The molecule has 0 bridgehead atoms. The van der Waals surface area contributed by atoms with Crippen LogP contribution >= 0.6 is 11.6 Å². The molecular formula is C10H5ClF6O. The molecule has 18 heavy (non-hydrogen) atoms. The largest absolute Gasteiger partial charge is 0.417 e. The second-order valence-corrected chi connectivity index (χ2v) is 3.77. The number of rotatable bonds is 1. The third-order valence-corrected chi connectivity index (χ3v) is 2.46. The first-order chi connectivity index (χ1) is 7.96. The Morgan fingerprint density at radius 2 is 1.39 bits per heavy atom. The fraction of sp³-hybridized carbons (Fsp3) is 0.300. The SMILES string of the molecule is Cc1c(C(F)(F)F)ccc(C(F)(F)F)c1C(=O)Cl. The highest BCUT2D eigenvalue weighted by atomic mass is 35.5. The van der Waals surface area contributed by atoms with Crippen molar-refractivity contribution in [2.75, 3.05) is 0 Å². The highest BCUT2D eigenvalue weighted by molar-refractivity contribution is 6.68. The first-order valence-corrected chi connectivity index (χ1v) is 4.82. The number of hydrogen-bond acceptors (Lipinski definition) is 1. The molecule has 0 N–H and O–H groups in total. The van der Waals surface area contributed by atoms with Crippen molar-refractivity contribution >= 4 is 16.8 Å². The van der Waals surface area contributed by atoms with Gasteiger partial charge in [0, 0.05) is 5.56 Å². The van der Waals surface area contributed by atoms with Gasteiger partial charge in [-0.25, -0.2) is 0 Å². The Balaban J connectivity index is 3.64. The topological polar surface area (TPSA) is 17.1 Å². The summed E-state index contributed by atoms with van der Waals surface area (Å²) in [5.74, 6) is 0. The fourth-order valence-corrected chi connectivity index (χ4v) is 1.75. The molecule has 0 aliphatic heterocycles. The maximum atomic E-state index is 12.5. The lowest BCUT2D eigenvalue weighted by atomic mass is 9.97. The molecule has 0 radical (unpaired) electrons. The minimum atomic E-state index is -4.95. The number of carbonyl (C=O) groups excluding carboxylic acids is 1. The molecule has 0 saturated heterocycles. The molecule has 0 unspecified atom stereocenters. The van der Waals surface area contributed by atoms with Crippen LogP contribution in [0.2, 0.25) is 0 Å². The molecule has 0 atom stereocenters. The van der Waals surface area contributed by atoms with Gasteiger partial charge >= 0.3 is 12.4 Å². The third kappa shape index (κ3) is 2.77. The molecule has 1 nitrogen and oxygen atoms in total. The number of alkyl halides is 6. The van der Waals surface area contributed by atoms with Crippen LogP contribution in [0.3, 0.4) is 0 Å². The summed E-state index contributed by atoms with van der Waals surface area (Å²) in [4.78, 5) is 10.9. The number of carbonyl (C=O) groups is 1. The van der Waals surface area contributed by atoms with E-state index in [1.165, 1.54) is 0 Å². The van der Waals surface area contributed by atoms with Crippen LogP contribution in [-0.4, -0.2) is 5.24 Å². The number of benzene rings is 1. The van der Waals surface area contributed by atoms with E-state index < -0.39 is 39.8 Å². The van der Waals surface area contributed by atoms with Crippen molar-refractivity contribution in [2.45, 2.75) is 19.3 Å². The zero-order valence-corrected chi connectivity index (χ0v) is 9.46. The smallest absolute Gasteiger partial charge is 0.276 e. The minimum absolute atomic E-state index is 0.200. The first-order valence-electron chi connectivity index (χ1n) is 4.44. The maximum Gasteiger partial charge on any atom is 0.417 e. The van der Waals surface area contributed by atoms with Gasteiger partial charge in [-0.3, -0.25) is 4.79 Å². The van der Waals surface area contributed by atoms with Gasteiger partial charge in [-0.2, -0.15) is 26.3 Å². The second-order valence-electron chi connectivity index (χ2n) is 3.43. The predicted octanol–water partition coefficient (Wildman–Crippen LogP) is 4.41. The predicted molar refractivity (Wildman–Crippen MR) is 51.4 cm³/mol. The van der Waals surface area contributed by atoms with E-state index in [0.717, 1.165) is 6.92 Å². The lowest BCUT2D eigenvalue weighted by molar-refractivity contribution is -0.141. The summed E-state index contributed by atoms with van der Waals surface area (Å²) < 4.78 is 75.0. The normalized spacial score (nSPS) is 12.7. The monoisotopic (exact) mass is 290 g/mol. The first kappa shape index (κ1) is 14.8. The van der Waals surface area contributed by atoms with Crippen molar-refractivity contribution in [1.82, 2.24) is 0 Å². The molecule has 100 valence electrons. The van der Waals surface area contributed by atoms with Crippen LogP contribution in [0.4, 0.5) is 26.3 Å². The summed E-state index contributed by atoms with van der Waals surface area (Å²) in [7, 11) is 0. The number of hydrogen-bond donors (Lipinski definition) is 0. The Bertz CT molecular complexity index is 488. The lowest BCUT2D eigenvalue weighted by Gasteiger charge is -2.17. The van der Waals surface area contributed by atoms with Gasteiger partial charge in [-0.15, -0.1) is 0 Å². The molecular weight excluding hydrogens is 286 g/mol. The summed E-state index contributed by atoms with van der Waals surface area (Å²) in [5, 5.41) is -1.58. The molecule has 1 aromatic carbocycles. The van der Waals surface area contributed by atoms with E-state index in [2.05, 4.69) is 0 Å². The van der Waals surface area contributed by atoms with Crippen LogP contribution in [0.25, 0.3) is 0 Å². The summed E-state index contributed by atoms with van der Waals surface area (Å²) in [6.45, 7) is 0.772. The van der Waals surface area contributed by atoms with E-state index in [4.69, 9.17) is 11.6 Å². The fourth-order valence-electron chi connectivity index (χ4n) is 1.51. The Kier molecular flexibility index (Phi) is 3.67. The average Bonchev–Trinajstić information content (AvgIpc) is 2.12. The van der Waals surface area contributed by atoms with E-state index in [9.17, 15) is 31.1 Å². The standard InChI is InChI=1S/C10H5ClF6O/c1-4-5(9(12,13)14)2-3-6(10(15,16)17)7(4)8(11)18/h2-3H,1H3. The van der Waals surface area contributed by atoms with Crippen LogP contribution in [0.5, 0.6) is 0 Å². The van der Waals surface area contributed by atoms with Crippen LogP contribution in [0, 0.1) is 6.92 Å². The quantitative estimate of drug-likeness (QED) is 0.553. The van der Waals surface area contributed by atoms with Crippen LogP contribution < -0.4 is 0 Å². The van der Waals surface area contributed by atoms with Gasteiger partial charge in [0.1, 0.15) is 0 Å². The Morgan fingerprint density at radius 1 is 1.00 bits per heavy atom. The molecule has 0 aromatic heterocycles. The van der Waals surface area contributed by atoms with Crippen molar-refractivity contribution < 1.29 is 31.1 Å². The number of halogens is 7. The van der Waals surface area contributed by atoms with Crippen molar-refractivity contribution in [1.29, 1.82) is 0 Å². The van der Waals surface area contributed by atoms with Crippen molar-refractivity contribution in [3.8, 4) is 0 Å². The summed E-state index contributed by atoms with van der Waals surface area (Å²) in [6.07, 6.45) is -9.80. The second kappa shape index (κ2) is 4.46. The molecule has 8 heteroatoms. The van der Waals surface area contributed by atoms with Gasteiger partial charge in [0.15, 0.2) is 0 Å². The Morgan fingerprint density at radius 3 is 1.72 bits per heavy atom. The maximum absolute atomic E-state index is 12.5. The Labute approximate surface area is 102 Å². The van der Waals surface area contributed by atoms with Gasteiger partial charge in [-0.1, -0.05) is 0 Å². The van der Waals surface area contributed by atoms with E-state index >= 15 is 0 Å². The zero-order valence-electron chi connectivity index (χ0n) is 8.71. The molecule has 0 aliphatic rings. The molecule has 0 spiro atoms. The summed E-state index contributed by atoms with van der Waals surface area (Å²) in [5.41, 5.74) is -4.80. The van der Waals surface area contributed by atoms with Crippen LogP contribution in [0.15, 0.2) is 12.1 Å². The zero-order chi connectivity index (χ0) is 14.3. The van der Waals surface area contributed by atoms with Crippen molar-refractivity contribution in [3.63, 3.8) is 0 Å². The van der Waals surface area contributed by atoms with Crippen LogP contribution in [-0.2, 0) is 12.4 Å². The van der Waals surface area contributed by atoms with Gasteiger partial charge in [0.2, 0.25) is 0 Å². The molecule has 0 fully saturated rings. The lowest BCUT2D eigenvalue weighted by Crippen LogP contribution is -2.17. The van der Waals surface area contributed by atoms with Crippen molar-refractivity contribution in [3.05, 3.63) is 34.4 Å². The summed E-state index contributed by atoms with van der Waals surface area (Å²) >= 11 is 4.94. The van der Waals surface area contributed by atoms with E-state index in [1.807, 2.05) is 0 Å². The molecule has 0 aliphatic carbocycles. The van der Waals surface area contributed by atoms with Gasteiger partial charge in [0.05, 0.1) is 11.1 Å². The minimum Gasteiger partial charge on any atom is -0.276 e. The van der Waals surface area contributed by atoms with Gasteiger partial charge in [0.25, 0.3) is 5.24 Å². The molecule has 0 saturated carbocycles. The summed E-state index contributed by atoms with van der Waals surface area (Å²) in [6, 6.07) is 0.479. The van der Waals surface area contributed by atoms with Gasteiger partial charge in [-0.05, 0) is 36.2 Å². The molecule has 0 heterocycles.